The zero-order chi connectivity index (χ0) is 20.4. The van der Waals surface area contributed by atoms with Crippen LogP contribution < -0.4 is 10.1 Å². The van der Waals surface area contributed by atoms with Gasteiger partial charge in [0.05, 0.1) is 13.5 Å². The van der Waals surface area contributed by atoms with Gasteiger partial charge in [-0.25, -0.2) is 0 Å². The Bertz CT molecular complexity index is 1170. The highest BCUT2D eigenvalue weighted by molar-refractivity contribution is 7.10. The predicted molar refractivity (Wildman–Crippen MR) is 114 cm³/mol. The molecular formula is C23H19NO4S. The third-order valence-corrected chi connectivity index (χ3v) is 5.57. The number of nitrogens with one attached hydrogen (secondary N) is 1. The van der Waals surface area contributed by atoms with E-state index < -0.39 is 0 Å². The maximum absolute atomic E-state index is 12.9. The SMILES string of the molecule is COc1ccc(C(=O)c2oc3ccc(NC(=O)Cc4cccs4)cc3c2C)cc1. The molecule has 29 heavy (non-hydrogen) atoms. The lowest BCUT2D eigenvalue weighted by Gasteiger charge is -2.04. The smallest absolute Gasteiger partial charge is 0.229 e. The number of anilines is 1. The molecule has 4 rings (SSSR count). The van der Waals surface area contributed by atoms with Gasteiger partial charge in [0.1, 0.15) is 11.3 Å². The average Bonchev–Trinajstić information content (AvgIpc) is 3.35. The lowest BCUT2D eigenvalue weighted by molar-refractivity contribution is -0.115. The summed E-state index contributed by atoms with van der Waals surface area (Å²) < 4.78 is 11.0. The van der Waals surface area contributed by atoms with Crippen LogP contribution in [0.4, 0.5) is 5.69 Å². The lowest BCUT2D eigenvalue weighted by Crippen LogP contribution is -2.13. The molecule has 2 heterocycles. The van der Waals surface area contributed by atoms with Crippen molar-refractivity contribution in [2.45, 2.75) is 13.3 Å². The van der Waals surface area contributed by atoms with E-state index in [9.17, 15) is 9.59 Å². The summed E-state index contributed by atoms with van der Waals surface area (Å²) in [6.45, 7) is 1.85. The van der Waals surface area contributed by atoms with Crippen LogP contribution in [0.2, 0.25) is 0 Å². The standard InChI is InChI=1S/C23H19NO4S/c1-14-19-12-16(24-21(25)13-18-4-3-11-29-18)7-10-20(19)28-23(14)22(26)15-5-8-17(27-2)9-6-15/h3-12H,13H2,1-2H3,(H,24,25). The van der Waals surface area contributed by atoms with Crippen molar-refractivity contribution in [2.24, 2.45) is 0 Å². The normalized spacial score (nSPS) is 10.8. The van der Waals surface area contributed by atoms with Crippen molar-refractivity contribution >= 4 is 39.7 Å². The molecule has 2 aromatic heterocycles. The molecule has 0 saturated heterocycles. The van der Waals surface area contributed by atoms with Crippen molar-refractivity contribution in [2.75, 3.05) is 12.4 Å². The Morgan fingerprint density at radius 3 is 2.59 bits per heavy atom. The van der Waals surface area contributed by atoms with Crippen molar-refractivity contribution in [3.63, 3.8) is 0 Å². The van der Waals surface area contributed by atoms with Gasteiger partial charge >= 0.3 is 0 Å². The second-order valence-corrected chi connectivity index (χ2v) is 7.66. The summed E-state index contributed by atoms with van der Waals surface area (Å²) in [5, 5.41) is 5.66. The summed E-state index contributed by atoms with van der Waals surface area (Å²) in [6.07, 6.45) is 0.335. The highest BCUT2D eigenvalue weighted by Crippen LogP contribution is 2.30. The number of carbonyl (C=O) groups is 2. The number of hydrogen-bond acceptors (Lipinski definition) is 5. The van der Waals surface area contributed by atoms with Gasteiger partial charge in [0.2, 0.25) is 11.7 Å². The number of thiophene rings is 1. The molecule has 5 nitrogen and oxygen atoms in total. The Morgan fingerprint density at radius 1 is 1.10 bits per heavy atom. The van der Waals surface area contributed by atoms with E-state index in [0.717, 1.165) is 15.8 Å². The number of carbonyl (C=O) groups excluding carboxylic acids is 2. The van der Waals surface area contributed by atoms with E-state index in [2.05, 4.69) is 5.32 Å². The van der Waals surface area contributed by atoms with Gasteiger partial charge in [-0.3, -0.25) is 9.59 Å². The van der Waals surface area contributed by atoms with E-state index in [1.54, 1.807) is 54.8 Å². The second-order valence-electron chi connectivity index (χ2n) is 6.63. The van der Waals surface area contributed by atoms with Crippen molar-refractivity contribution < 1.29 is 18.7 Å². The van der Waals surface area contributed by atoms with Gasteiger partial charge in [-0.1, -0.05) is 6.07 Å². The molecule has 0 fully saturated rings. The van der Waals surface area contributed by atoms with Crippen LogP contribution in [0.25, 0.3) is 11.0 Å². The third kappa shape index (κ3) is 3.93. The van der Waals surface area contributed by atoms with Crippen LogP contribution >= 0.6 is 11.3 Å². The first kappa shape index (κ1) is 19.0. The highest BCUT2D eigenvalue weighted by Gasteiger charge is 2.20. The molecule has 1 amide bonds. The molecule has 0 radical (unpaired) electrons. The van der Waals surface area contributed by atoms with Crippen LogP contribution in [0, 0.1) is 6.92 Å². The van der Waals surface area contributed by atoms with Crippen molar-refractivity contribution in [1.29, 1.82) is 0 Å². The molecule has 146 valence electrons. The van der Waals surface area contributed by atoms with Gasteiger partial charge in [0, 0.05) is 27.1 Å². The quantitative estimate of drug-likeness (QED) is 0.446. The first-order valence-corrected chi connectivity index (χ1v) is 9.97. The first-order chi connectivity index (χ1) is 14.0. The van der Waals surface area contributed by atoms with E-state index in [4.69, 9.17) is 9.15 Å². The molecule has 4 aromatic rings. The number of furan rings is 1. The number of ketones is 1. The van der Waals surface area contributed by atoms with Crippen LogP contribution in [0.5, 0.6) is 5.75 Å². The maximum atomic E-state index is 12.9. The molecule has 0 spiro atoms. The Balaban J connectivity index is 1.58. The molecule has 0 aliphatic carbocycles. The van der Waals surface area contributed by atoms with Gasteiger partial charge in [0.25, 0.3) is 0 Å². The fourth-order valence-corrected chi connectivity index (χ4v) is 3.87. The van der Waals surface area contributed by atoms with Gasteiger partial charge in [-0.15, -0.1) is 11.3 Å². The lowest BCUT2D eigenvalue weighted by atomic mass is 10.0. The summed E-state index contributed by atoms with van der Waals surface area (Å²) >= 11 is 1.55. The number of fused-ring (bicyclic) bond motifs is 1. The molecule has 6 heteroatoms. The number of hydrogen-bond donors (Lipinski definition) is 1. The topological polar surface area (TPSA) is 68.5 Å². The predicted octanol–water partition coefficient (Wildman–Crippen LogP) is 5.22. The van der Waals surface area contributed by atoms with Gasteiger partial charge in [-0.05, 0) is 60.8 Å². The fourth-order valence-electron chi connectivity index (χ4n) is 3.17. The number of amides is 1. The van der Waals surface area contributed by atoms with Crippen LogP contribution in [0.1, 0.15) is 26.6 Å². The molecular weight excluding hydrogens is 386 g/mol. The molecule has 0 unspecified atom stereocenters. The van der Waals surface area contributed by atoms with Gasteiger partial charge in [0.15, 0.2) is 5.76 Å². The minimum absolute atomic E-state index is 0.0810. The minimum Gasteiger partial charge on any atom is -0.497 e. The second kappa shape index (κ2) is 7.93. The monoisotopic (exact) mass is 405 g/mol. The Labute approximate surface area is 171 Å². The Morgan fingerprint density at radius 2 is 1.90 bits per heavy atom. The number of rotatable bonds is 6. The van der Waals surface area contributed by atoms with Crippen LogP contribution in [0.3, 0.4) is 0 Å². The number of benzene rings is 2. The number of aryl methyl sites for hydroxylation is 1. The molecule has 0 atom stereocenters. The van der Waals surface area contributed by atoms with E-state index in [-0.39, 0.29) is 11.7 Å². The zero-order valence-corrected chi connectivity index (χ0v) is 16.8. The molecule has 0 saturated carbocycles. The molecule has 1 N–H and O–H groups in total. The van der Waals surface area contributed by atoms with Crippen molar-refractivity contribution in [3.05, 3.63) is 81.7 Å². The highest BCUT2D eigenvalue weighted by atomic mass is 32.1. The Kier molecular flexibility index (Phi) is 5.18. The van der Waals surface area contributed by atoms with Gasteiger partial charge in [-0.2, -0.15) is 0 Å². The summed E-state index contributed by atoms with van der Waals surface area (Å²) in [6, 6.07) is 16.2. The fraction of sp³-hybridized carbons (Fsp3) is 0.130. The van der Waals surface area contributed by atoms with E-state index in [1.165, 1.54) is 0 Å². The largest absolute Gasteiger partial charge is 0.497 e. The number of ether oxygens (including phenoxy) is 1. The van der Waals surface area contributed by atoms with Gasteiger partial charge < -0.3 is 14.5 Å². The number of methoxy groups -OCH3 is 1. The summed E-state index contributed by atoms with van der Waals surface area (Å²) in [5.74, 6) is 0.713. The molecule has 0 bridgehead atoms. The molecule has 2 aromatic carbocycles. The minimum atomic E-state index is -0.190. The van der Waals surface area contributed by atoms with Crippen molar-refractivity contribution in [3.8, 4) is 5.75 Å². The summed E-state index contributed by atoms with van der Waals surface area (Å²) in [7, 11) is 1.58. The van der Waals surface area contributed by atoms with Crippen LogP contribution in [0.15, 0.2) is 64.4 Å². The maximum Gasteiger partial charge on any atom is 0.229 e. The van der Waals surface area contributed by atoms with Crippen LogP contribution in [-0.2, 0) is 11.2 Å². The van der Waals surface area contributed by atoms with E-state index >= 15 is 0 Å². The average molecular weight is 405 g/mol. The molecule has 0 aliphatic heterocycles. The van der Waals surface area contributed by atoms with Crippen LogP contribution in [-0.4, -0.2) is 18.8 Å². The first-order valence-electron chi connectivity index (χ1n) is 9.09. The summed E-state index contributed by atoms with van der Waals surface area (Å²) in [5.41, 5.74) is 2.55. The van der Waals surface area contributed by atoms with E-state index in [0.29, 0.717) is 34.8 Å². The molecule has 0 aliphatic rings. The third-order valence-electron chi connectivity index (χ3n) is 4.69. The summed E-state index contributed by atoms with van der Waals surface area (Å²) in [4.78, 5) is 26.1. The zero-order valence-electron chi connectivity index (χ0n) is 16.0. The van der Waals surface area contributed by atoms with Crippen molar-refractivity contribution in [1.82, 2.24) is 0 Å². The Hall–Kier alpha value is -3.38. The van der Waals surface area contributed by atoms with E-state index in [1.807, 2.05) is 30.5 Å².